The predicted molar refractivity (Wildman–Crippen MR) is 183 cm³/mol. The van der Waals surface area contributed by atoms with Gasteiger partial charge in [0.15, 0.2) is 0 Å². The van der Waals surface area contributed by atoms with Gasteiger partial charge in [0, 0.05) is 68.5 Å². The number of pyridine rings is 1. The van der Waals surface area contributed by atoms with Crippen molar-refractivity contribution in [2.24, 2.45) is 5.92 Å². The Hall–Kier alpha value is -4.24. The Morgan fingerprint density at radius 1 is 0.702 bits per heavy atom. The van der Waals surface area contributed by atoms with Gasteiger partial charge in [-0.3, -0.25) is 14.5 Å². The minimum atomic E-state index is -0.532. The Morgan fingerprint density at radius 2 is 1.26 bits per heavy atom. The van der Waals surface area contributed by atoms with Gasteiger partial charge in [0.25, 0.3) is 5.91 Å². The van der Waals surface area contributed by atoms with Crippen LogP contribution in [0.2, 0.25) is 0 Å². The van der Waals surface area contributed by atoms with E-state index in [0.717, 1.165) is 61.3 Å². The summed E-state index contributed by atoms with van der Waals surface area (Å²) in [5.41, 5.74) is 3.68. The van der Waals surface area contributed by atoms with E-state index in [4.69, 9.17) is 9.72 Å². The lowest BCUT2D eigenvalue weighted by Gasteiger charge is -2.43. The van der Waals surface area contributed by atoms with Crippen LogP contribution in [0.4, 0.5) is 4.79 Å². The summed E-state index contributed by atoms with van der Waals surface area (Å²) in [7, 11) is 0. The zero-order chi connectivity index (χ0) is 33.0. The van der Waals surface area contributed by atoms with E-state index >= 15 is 0 Å². The fourth-order valence-corrected chi connectivity index (χ4v) is 7.02. The van der Waals surface area contributed by atoms with E-state index in [2.05, 4.69) is 4.90 Å². The van der Waals surface area contributed by atoms with Gasteiger partial charge in [-0.05, 0) is 65.1 Å². The van der Waals surface area contributed by atoms with Gasteiger partial charge in [0.2, 0.25) is 5.91 Å². The number of aromatic nitrogens is 1. The molecule has 9 nitrogen and oxygen atoms in total. The fourth-order valence-electron chi connectivity index (χ4n) is 7.02. The van der Waals surface area contributed by atoms with Gasteiger partial charge in [0.1, 0.15) is 5.60 Å². The lowest BCUT2D eigenvalue weighted by atomic mass is 9.92. The van der Waals surface area contributed by atoms with Crippen molar-refractivity contribution in [3.05, 3.63) is 78.4 Å². The first-order chi connectivity index (χ1) is 22.6. The molecule has 2 aromatic carbocycles. The maximum Gasteiger partial charge on any atom is 0.410 e. The van der Waals surface area contributed by atoms with Crippen molar-refractivity contribution < 1.29 is 19.1 Å². The third-order valence-electron chi connectivity index (χ3n) is 9.52. The molecule has 0 saturated carbocycles. The standard InChI is InChI=1S/C38H47N5O4/c1-38(2,3)47-37(46)42-23-21-41(22-24-42)35(44)30-15-10-18-43(27-30)32-16-19-40(20-17-32)36(45)31-25-33(28-11-6-4-7-12-28)39-34(26-31)29-13-8-5-9-14-29/h4-9,11-14,25-26,30,32H,10,15-24,27H2,1-3H3/t30-/m1/s1. The molecule has 0 bridgehead atoms. The molecule has 0 unspecified atom stereocenters. The molecule has 0 spiro atoms. The number of carbonyl (C=O) groups is 3. The van der Waals surface area contributed by atoms with Crippen molar-refractivity contribution in [1.82, 2.24) is 24.6 Å². The van der Waals surface area contributed by atoms with Gasteiger partial charge in [-0.15, -0.1) is 0 Å². The van der Waals surface area contributed by atoms with Crippen LogP contribution in [0.15, 0.2) is 72.8 Å². The number of ether oxygens (including phenoxy) is 1. The van der Waals surface area contributed by atoms with E-state index in [1.807, 2.05) is 103 Å². The first-order valence-electron chi connectivity index (χ1n) is 17.1. The Kier molecular flexibility index (Phi) is 9.92. The molecule has 3 aliphatic heterocycles. The molecule has 3 fully saturated rings. The topological polar surface area (TPSA) is 86.3 Å². The molecular weight excluding hydrogens is 590 g/mol. The van der Waals surface area contributed by atoms with Crippen LogP contribution in [0.1, 0.15) is 56.8 Å². The smallest absolute Gasteiger partial charge is 0.410 e. The summed E-state index contributed by atoms with van der Waals surface area (Å²) >= 11 is 0. The summed E-state index contributed by atoms with van der Waals surface area (Å²) in [4.78, 5) is 52.9. The summed E-state index contributed by atoms with van der Waals surface area (Å²) in [5, 5.41) is 0. The number of piperazine rings is 1. The van der Waals surface area contributed by atoms with Crippen LogP contribution in [0.3, 0.4) is 0 Å². The van der Waals surface area contributed by atoms with Crippen molar-refractivity contribution in [1.29, 1.82) is 0 Å². The molecule has 1 atom stereocenters. The van der Waals surface area contributed by atoms with Crippen LogP contribution in [0, 0.1) is 5.92 Å². The lowest BCUT2D eigenvalue weighted by Crippen LogP contribution is -2.55. The van der Waals surface area contributed by atoms with Crippen molar-refractivity contribution >= 4 is 17.9 Å². The van der Waals surface area contributed by atoms with Crippen molar-refractivity contribution in [2.75, 3.05) is 52.4 Å². The second-order valence-corrected chi connectivity index (χ2v) is 14.0. The zero-order valence-corrected chi connectivity index (χ0v) is 27.9. The van der Waals surface area contributed by atoms with Crippen LogP contribution in [-0.2, 0) is 9.53 Å². The summed E-state index contributed by atoms with van der Waals surface area (Å²) in [5.74, 6) is 0.214. The second kappa shape index (κ2) is 14.3. The highest BCUT2D eigenvalue weighted by Crippen LogP contribution is 2.29. The molecule has 3 amide bonds. The Bertz CT molecular complexity index is 1480. The summed E-state index contributed by atoms with van der Waals surface area (Å²) < 4.78 is 5.51. The summed E-state index contributed by atoms with van der Waals surface area (Å²) in [6, 6.07) is 24.2. The largest absolute Gasteiger partial charge is 0.444 e. The number of likely N-dealkylation sites (tertiary alicyclic amines) is 2. The zero-order valence-electron chi connectivity index (χ0n) is 27.9. The number of amides is 3. The van der Waals surface area contributed by atoms with E-state index in [1.165, 1.54) is 0 Å². The number of nitrogens with zero attached hydrogens (tertiary/aromatic N) is 5. The average molecular weight is 638 g/mol. The quantitative estimate of drug-likeness (QED) is 0.351. The minimum Gasteiger partial charge on any atom is -0.444 e. The molecule has 3 aliphatic rings. The molecule has 3 aromatic rings. The summed E-state index contributed by atoms with van der Waals surface area (Å²) in [6.45, 7) is 10.8. The Morgan fingerprint density at radius 3 is 1.81 bits per heavy atom. The molecule has 4 heterocycles. The molecular formula is C38H47N5O4. The molecule has 248 valence electrons. The molecule has 47 heavy (non-hydrogen) atoms. The highest BCUT2D eigenvalue weighted by Gasteiger charge is 2.36. The van der Waals surface area contributed by atoms with Crippen molar-refractivity contribution in [2.45, 2.75) is 58.1 Å². The van der Waals surface area contributed by atoms with E-state index in [0.29, 0.717) is 50.9 Å². The predicted octanol–water partition coefficient (Wildman–Crippen LogP) is 5.81. The number of hydrogen-bond acceptors (Lipinski definition) is 6. The number of rotatable bonds is 5. The van der Waals surface area contributed by atoms with Crippen molar-refractivity contribution in [3.63, 3.8) is 0 Å². The van der Waals surface area contributed by atoms with Crippen LogP contribution in [0.5, 0.6) is 0 Å². The van der Waals surface area contributed by atoms with Crippen LogP contribution in [0.25, 0.3) is 22.5 Å². The third-order valence-corrected chi connectivity index (χ3v) is 9.52. The molecule has 0 radical (unpaired) electrons. The number of carbonyl (C=O) groups excluding carboxylic acids is 3. The van der Waals surface area contributed by atoms with E-state index in [-0.39, 0.29) is 23.8 Å². The molecule has 3 saturated heterocycles. The number of hydrogen-bond donors (Lipinski definition) is 0. The van der Waals surface area contributed by atoms with Gasteiger partial charge in [-0.25, -0.2) is 9.78 Å². The van der Waals surface area contributed by atoms with Gasteiger partial charge in [-0.2, -0.15) is 0 Å². The monoisotopic (exact) mass is 637 g/mol. The van der Waals surface area contributed by atoms with Crippen LogP contribution in [-0.4, -0.2) is 106 Å². The third kappa shape index (κ3) is 8.01. The van der Waals surface area contributed by atoms with Gasteiger partial charge in [-0.1, -0.05) is 60.7 Å². The van der Waals surface area contributed by atoms with Gasteiger partial charge < -0.3 is 19.4 Å². The van der Waals surface area contributed by atoms with Crippen LogP contribution < -0.4 is 0 Å². The number of benzene rings is 2. The molecule has 0 N–H and O–H groups in total. The molecule has 1 aromatic heterocycles. The van der Waals surface area contributed by atoms with Crippen molar-refractivity contribution in [3.8, 4) is 22.5 Å². The maximum atomic E-state index is 13.9. The first kappa shape index (κ1) is 32.7. The lowest BCUT2D eigenvalue weighted by molar-refractivity contribution is -0.139. The summed E-state index contributed by atoms with van der Waals surface area (Å²) in [6.07, 6.45) is 3.37. The highest BCUT2D eigenvalue weighted by atomic mass is 16.6. The van der Waals surface area contributed by atoms with E-state index in [9.17, 15) is 14.4 Å². The van der Waals surface area contributed by atoms with E-state index in [1.54, 1.807) is 4.90 Å². The second-order valence-electron chi connectivity index (χ2n) is 14.0. The molecule has 6 rings (SSSR count). The SMILES string of the molecule is CC(C)(C)OC(=O)N1CCN(C(=O)[C@@H]2CCCN(C3CCN(C(=O)c4cc(-c5ccccc5)nc(-c5ccccc5)c4)CC3)C2)CC1. The van der Waals surface area contributed by atoms with E-state index < -0.39 is 5.60 Å². The van der Waals surface area contributed by atoms with Gasteiger partial charge in [0.05, 0.1) is 17.3 Å². The first-order valence-corrected chi connectivity index (χ1v) is 17.1. The minimum absolute atomic E-state index is 0.0267. The average Bonchev–Trinajstić information content (AvgIpc) is 3.11. The fraction of sp³-hybridized carbons (Fsp3) is 0.474. The van der Waals surface area contributed by atoms with Gasteiger partial charge >= 0.3 is 6.09 Å². The molecule has 0 aliphatic carbocycles. The maximum absolute atomic E-state index is 13.9. The Balaban J connectivity index is 1.05. The highest BCUT2D eigenvalue weighted by molar-refractivity contribution is 5.96. The molecule has 9 heteroatoms. The normalized spacial score (nSPS) is 19.8. The Labute approximate surface area is 278 Å². The van der Waals surface area contributed by atoms with Crippen LogP contribution >= 0.6 is 0 Å². The number of piperidine rings is 2.